The molecule has 0 heterocycles. The van der Waals surface area contributed by atoms with E-state index in [0.29, 0.717) is 6.54 Å². The van der Waals surface area contributed by atoms with Crippen molar-refractivity contribution in [2.45, 2.75) is 18.2 Å². The normalized spacial score (nSPS) is 11.3. The molecule has 5 nitrogen and oxygen atoms in total. The summed E-state index contributed by atoms with van der Waals surface area (Å²) in [5.74, 6) is -0.431. The van der Waals surface area contributed by atoms with Crippen LogP contribution in [0.25, 0.3) is 0 Å². The van der Waals surface area contributed by atoms with Crippen LogP contribution in [0.15, 0.2) is 21.5 Å². The smallest absolute Gasteiger partial charge is 0.252 e. The molecule has 0 aliphatic carbocycles. The Balaban J connectivity index is 3.26. The summed E-state index contributed by atoms with van der Waals surface area (Å²) < 4.78 is 22.9. The van der Waals surface area contributed by atoms with Crippen LogP contribution >= 0.6 is 27.5 Å². The molecule has 1 amide bonds. The van der Waals surface area contributed by atoms with Crippen molar-refractivity contribution in [2.75, 3.05) is 6.54 Å². The van der Waals surface area contributed by atoms with E-state index in [4.69, 9.17) is 16.7 Å². The van der Waals surface area contributed by atoms with Crippen LogP contribution in [0.3, 0.4) is 0 Å². The molecule has 0 atom stereocenters. The van der Waals surface area contributed by atoms with Crippen molar-refractivity contribution in [2.24, 2.45) is 5.14 Å². The summed E-state index contributed by atoms with van der Waals surface area (Å²) in [6.07, 6.45) is 0.766. The Labute approximate surface area is 119 Å². The minimum absolute atomic E-state index is 0.0809. The molecule has 0 saturated heterocycles. The minimum atomic E-state index is -3.91. The fourth-order valence-electron chi connectivity index (χ4n) is 1.25. The van der Waals surface area contributed by atoms with Gasteiger partial charge in [0.1, 0.15) is 0 Å². The fraction of sp³-hybridized carbons (Fsp3) is 0.300. The largest absolute Gasteiger partial charge is 0.352 e. The number of amides is 1. The summed E-state index contributed by atoms with van der Waals surface area (Å²) in [4.78, 5) is 11.6. The Kier molecular flexibility index (Phi) is 5.15. The van der Waals surface area contributed by atoms with Crippen LogP contribution in [-0.2, 0) is 10.0 Å². The number of carbonyl (C=O) groups is 1. The zero-order valence-electron chi connectivity index (χ0n) is 9.54. The number of sulfonamides is 1. The maximum atomic E-state index is 11.8. The number of benzene rings is 1. The van der Waals surface area contributed by atoms with Crippen LogP contribution in [0, 0.1) is 0 Å². The Morgan fingerprint density at radius 1 is 1.50 bits per heavy atom. The van der Waals surface area contributed by atoms with Crippen molar-refractivity contribution < 1.29 is 13.2 Å². The van der Waals surface area contributed by atoms with Gasteiger partial charge in [-0.15, -0.1) is 0 Å². The number of nitrogens with two attached hydrogens (primary N) is 1. The fourth-order valence-corrected chi connectivity index (χ4v) is 3.27. The van der Waals surface area contributed by atoms with Crippen molar-refractivity contribution in [3.63, 3.8) is 0 Å². The molecule has 0 aliphatic rings. The quantitative estimate of drug-likeness (QED) is 0.864. The van der Waals surface area contributed by atoms with Crippen molar-refractivity contribution in [1.82, 2.24) is 5.32 Å². The molecule has 18 heavy (non-hydrogen) atoms. The SMILES string of the molecule is CCCNC(=O)c1cc(S(N)(=O)=O)c(Br)cc1Cl. The number of primary sulfonamides is 1. The Morgan fingerprint density at radius 2 is 2.11 bits per heavy atom. The molecule has 3 N–H and O–H groups in total. The lowest BCUT2D eigenvalue weighted by Gasteiger charge is -2.09. The van der Waals surface area contributed by atoms with Gasteiger partial charge in [-0.3, -0.25) is 4.79 Å². The molecule has 1 aromatic carbocycles. The Morgan fingerprint density at radius 3 is 2.61 bits per heavy atom. The Bertz CT molecular complexity index is 575. The van der Waals surface area contributed by atoms with E-state index < -0.39 is 15.9 Å². The third kappa shape index (κ3) is 3.68. The zero-order valence-corrected chi connectivity index (χ0v) is 12.7. The first-order chi connectivity index (χ1) is 8.27. The number of halogens is 2. The monoisotopic (exact) mass is 354 g/mol. The van der Waals surface area contributed by atoms with Crippen molar-refractivity contribution in [1.29, 1.82) is 0 Å². The molecule has 0 fully saturated rings. The summed E-state index contributed by atoms with van der Waals surface area (Å²) in [5, 5.41) is 7.81. The average molecular weight is 356 g/mol. The van der Waals surface area contributed by atoms with Crippen LogP contribution in [-0.4, -0.2) is 20.9 Å². The lowest BCUT2D eigenvalue weighted by Crippen LogP contribution is -2.25. The maximum Gasteiger partial charge on any atom is 0.252 e. The van der Waals surface area contributed by atoms with Gasteiger partial charge in [0.15, 0.2) is 0 Å². The number of hydrogen-bond donors (Lipinski definition) is 2. The summed E-state index contributed by atoms with van der Waals surface area (Å²) in [6, 6.07) is 2.49. The second kappa shape index (κ2) is 6.01. The third-order valence-corrected chi connectivity index (χ3v) is 4.29. The van der Waals surface area contributed by atoms with E-state index in [2.05, 4.69) is 21.2 Å². The van der Waals surface area contributed by atoms with Gasteiger partial charge in [-0.25, -0.2) is 13.6 Å². The number of hydrogen-bond acceptors (Lipinski definition) is 3. The molecular weight excluding hydrogens is 344 g/mol. The van der Waals surface area contributed by atoms with E-state index in [-0.39, 0.29) is 20.0 Å². The van der Waals surface area contributed by atoms with Crippen LogP contribution in [0.2, 0.25) is 5.02 Å². The molecule has 0 spiro atoms. The van der Waals surface area contributed by atoms with Crippen molar-refractivity contribution in [3.05, 3.63) is 27.2 Å². The highest BCUT2D eigenvalue weighted by Crippen LogP contribution is 2.28. The number of carbonyl (C=O) groups excluding carboxylic acids is 1. The van der Waals surface area contributed by atoms with Gasteiger partial charge >= 0.3 is 0 Å². The first-order valence-corrected chi connectivity index (χ1v) is 7.79. The van der Waals surface area contributed by atoms with Crippen molar-refractivity contribution in [3.8, 4) is 0 Å². The highest BCUT2D eigenvalue weighted by Gasteiger charge is 2.19. The summed E-state index contributed by atoms with van der Waals surface area (Å²) in [5.41, 5.74) is 0.0809. The summed E-state index contributed by atoms with van der Waals surface area (Å²) in [7, 11) is -3.91. The Hall–Kier alpha value is -0.630. The standard InChI is InChI=1S/C10H12BrClN2O3S/c1-2-3-14-10(15)6-4-9(18(13,16)17)7(11)5-8(6)12/h4-5H,2-3H2,1H3,(H,14,15)(H2,13,16,17). The highest BCUT2D eigenvalue weighted by atomic mass is 79.9. The number of rotatable bonds is 4. The molecule has 0 bridgehead atoms. The molecular formula is C10H12BrClN2O3S. The van der Waals surface area contributed by atoms with Gasteiger partial charge in [0.05, 0.1) is 15.5 Å². The molecule has 0 radical (unpaired) electrons. The van der Waals surface area contributed by atoms with Gasteiger partial charge in [-0.1, -0.05) is 18.5 Å². The molecule has 0 saturated carbocycles. The van der Waals surface area contributed by atoms with Gasteiger partial charge in [0.25, 0.3) is 5.91 Å². The van der Waals surface area contributed by atoms with E-state index in [9.17, 15) is 13.2 Å². The van der Waals surface area contributed by atoms with Gasteiger partial charge in [-0.2, -0.15) is 0 Å². The molecule has 1 aromatic rings. The molecule has 0 aromatic heterocycles. The van der Waals surface area contributed by atoms with E-state index in [1.54, 1.807) is 0 Å². The third-order valence-electron chi connectivity index (χ3n) is 2.11. The first kappa shape index (κ1) is 15.4. The van der Waals surface area contributed by atoms with Crippen molar-refractivity contribution >= 4 is 43.5 Å². The summed E-state index contributed by atoms with van der Waals surface area (Å²) >= 11 is 8.94. The second-order valence-electron chi connectivity index (χ2n) is 3.56. The van der Waals surface area contributed by atoms with E-state index in [1.807, 2.05) is 6.92 Å². The summed E-state index contributed by atoms with van der Waals surface area (Å²) in [6.45, 7) is 2.38. The van der Waals surface area contributed by atoms with E-state index >= 15 is 0 Å². The maximum absolute atomic E-state index is 11.8. The molecule has 100 valence electrons. The average Bonchev–Trinajstić information content (AvgIpc) is 2.24. The molecule has 1 rings (SSSR count). The molecule has 8 heteroatoms. The van der Waals surface area contributed by atoms with E-state index in [0.717, 1.165) is 12.5 Å². The predicted octanol–water partition coefficient (Wildman–Crippen LogP) is 1.89. The van der Waals surface area contributed by atoms with Gasteiger partial charge in [-0.05, 0) is 34.5 Å². The lowest BCUT2D eigenvalue weighted by atomic mass is 10.2. The predicted molar refractivity (Wildman–Crippen MR) is 73.1 cm³/mol. The van der Waals surface area contributed by atoms with Gasteiger partial charge < -0.3 is 5.32 Å². The highest BCUT2D eigenvalue weighted by molar-refractivity contribution is 9.10. The molecule has 0 unspecified atom stereocenters. The van der Waals surface area contributed by atoms with Crippen LogP contribution < -0.4 is 10.5 Å². The first-order valence-electron chi connectivity index (χ1n) is 5.07. The van der Waals surface area contributed by atoms with Gasteiger partial charge in [0.2, 0.25) is 10.0 Å². The molecule has 0 aliphatic heterocycles. The minimum Gasteiger partial charge on any atom is -0.352 e. The van der Waals surface area contributed by atoms with E-state index in [1.165, 1.54) is 6.07 Å². The zero-order chi connectivity index (χ0) is 13.9. The van der Waals surface area contributed by atoms with Gasteiger partial charge in [0, 0.05) is 11.0 Å². The van der Waals surface area contributed by atoms with Crippen LogP contribution in [0.1, 0.15) is 23.7 Å². The lowest BCUT2D eigenvalue weighted by molar-refractivity contribution is 0.0953. The van der Waals surface area contributed by atoms with Crippen LogP contribution in [0.5, 0.6) is 0 Å². The van der Waals surface area contributed by atoms with Crippen LogP contribution in [0.4, 0.5) is 0 Å². The second-order valence-corrected chi connectivity index (χ2v) is 6.35. The number of nitrogens with one attached hydrogen (secondary N) is 1. The topological polar surface area (TPSA) is 89.3 Å².